The average Bonchev–Trinajstić information content (AvgIpc) is 2.58. The summed E-state index contributed by atoms with van der Waals surface area (Å²) in [5.41, 5.74) is 1.51. The van der Waals surface area contributed by atoms with E-state index in [2.05, 4.69) is 6.92 Å². The van der Waals surface area contributed by atoms with Crippen LogP contribution in [-0.2, 0) is 13.0 Å². The fraction of sp³-hybridized carbons (Fsp3) is 0.545. The van der Waals surface area contributed by atoms with E-state index >= 15 is 0 Å². The van der Waals surface area contributed by atoms with Crippen molar-refractivity contribution in [2.24, 2.45) is 0 Å². The van der Waals surface area contributed by atoms with E-state index in [9.17, 15) is 4.79 Å². The largest absolute Gasteiger partial charge is 0.477 e. The van der Waals surface area contributed by atoms with E-state index in [4.69, 9.17) is 5.11 Å². The molecule has 1 aromatic heterocycles. The highest BCUT2D eigenvalue weighted by Gasteiger charge is 2.10. The minimum atomic E-state index is -0.833. The van der Waals surface area contributed by atoms with Crippen molar-refractivity contribution >= 4 is 5.97 Å². The molecular weight excluding hydrogens is 178 g/mol. The van der Waals surface area contributed by atoms with Crippen LogP contribution in [0.3, 0.4) is 0 Å². The number of rotatable bonds is 5. The molecule has 1 rings (SSSR count). The maximum Gasteiger partial charge on any atom is 0.352 e. The van der Waals surface area contributed by atoms with Crippen LogP contribution >= 0.6 is 0 Å². The lowest BCUT2D eigenvalue weighted by Gasteiger charge is -2.03. The number of unbranched alkanes of at least 4 members (excludes halogenated alkanes) is 1. The second kappa shape index (κ2) is 4.84. The van der Waals surface area contributed by atoms with Crippen LogP contribution in [0.4, 0.5) is 0 Å². The first kappa shape index (κ1) is 10.8. The highest BCUT2D eigenvalue weighted by atomic mass is 16.4. The number of carboxylic acids is 1. The summed E-state index contributed by atoms with van der Waals surface area (Å²) >= 11 is 0. The molecule has 0 radical (unpaired) electrons. The van der Waals surface area contributed by atoms with E-state index in [-0.39, 0.29) is 0 Å². The third-order valence-corrected chi connectivity index (χ3v) is 2.33. The molecule has 3 nitrogen and oxygen atoms in total. The Bertz CT molecular complexity index is 315. The molecule has 0 aliphatic rings. The van der Waals surface area contributed by atoms with Gasteiger partial charge in [-0.15, -0.1) is 0 Å². The molecular formula is C11H17NO2. The van der Waals surface area contributed by atoms with Crippen molar-refractivity contribution in [3.63, 3.8) is 0 Å². The third-order valence-electron chi connectivity index (χ3n) is 2.33. The summed E-state index contributed by atoms with van der Waals surface area (Å²) in [5, 5.41) is 8.95. The van der Waals surface area contributed by atoms with Crippen molar-refractivity contribution < 1.29 is 9.90 Å². The van der Waals surface area contributed by atoms with Gasteiger partial charge in [0.2, 0.25) is 0 Å². The number of aromatic carboxylic acids is 1. The van der Waals surface area contributed by atoms with E-state index in [1.54, 1.807) is 6.07 Å². The maximum absolute atomic E-state index is 10.9. The number of nitrogens with zero attached hydrogens (tertiary/aromatic N) is 1. The van der Waals surface area contributed by atoms with Crippen LogP contribution in [0.2, 0.25) is 0 Å². The van der Waals surface area contributed by atoms with Gasteiger partial charge in [-0.05, 0) is 24.5 Å². The van der Waals surface area contributed by atoms with Crippen LogP contribution in [0.1, 0.15) is 42.7 Å². The van der Waals surface area contributed by atoms with Gasteiger partial charge in [0, 0.05) is 12.7 Å². The Labute approximate surface area is 84.4 Å². The van der Waals surface area contributed by atoms with Gasteiger partial charge < -0.3 is 9.67 Å². The summed E-state index contributed by atoms with van der Waals surface area (Å²) in [7, 11) is 0. The van der Waals surface area contributed by atoms with Gasteiger partial charge in [0.15, 0.2) is 0 Å². The number of aromatic nitrogens is 1. The van der Waals surface area contributed by atoms with Gasteiger partial charge in [0.1, 0.15) is 5.69 Å². The predicted molar refractivity (Wildman–Crippen MR) is 55.7 cm³/mol. The molecule has 1 heterocycles. The van der Waals surface area contributed by atoms with Crippen LogP contribution in [0.5, 0.6) is 0 Å². The molecule has 0 saturated carbocycles. The van der Waals surface area contributed by atoms with Gasteiger partial charge in [0.25, 0.3) is 0 Å². The van der Waals surface area contributed by atoms with Crippen molar-refractivity contribution in [3.05, 3.63) is 23.5 Å². The summed E-state index contributed by atoms with van der Waals surface area (Å²) in [6.07, 6.45) is 4.94. The molecule has 0 aliphatic heterocycles. The standard InChI is InChI=1S/C11H17NO2/c1-3-5-6-12-8-9(4-2)7-10(12)11(13)14/h7-8H,3-6H2,1-2H3,(H,13,14). The van der Waals surface area contributed by atoms with Crippen LogP contribution < -0.4 is 0 Å². The van der Waals surface area contributed by atoms with Gasteiger partial charge in [-0.2, -0.15) is 0 Å². The van der Waals surface area contributed by atoms with Crippen LogP contribution in [0.25, 0.3) is 0 Å². The smallest absolute Gasteiger partial charge is 0.352 e. The van der Waals surface area contributed by atoms with Gasteiger partial charge in [0.05, 0.1) is 0 Å². The van der Waals surface area contributed by atoms with E-state index in [1.807, 2.05) is 17.7 Å². The molecule has 1 aromatic rings. The quantitative estimate of drug-likeness (QED) is 0.784. The number of carbonyl (C=O) groups is 1. The van der Waals surface area contributed by atoms with E-state index in [0.717, 1.165) is 31.4 Å². The van der Waals surface area contributed by atoms with E-state index in [1.165, 1.54) is 0 Å². The van der Waals surface area contributed by atoms with Crippen molar-refractivity contribution in [2.75, 3.05) is 0 Å². The number of hydrogen-bond acceptors (Lipinski definition) is 1. The third kappa shape index (κ3) is 2.37. The normalized spacial score (nSPS) is 10.4. The Hall–Kier alpha value is -1.25. The molecule has 0 atom stereocenters. The highest BCUT2D eigenvalue weighted by Crippen LogP contribution is 2.11. The first-order chi connectivity index (χ1) is 6.69. The fourth-order valence-corrected chi connectivity index (χ4v) is 1.46. The van der Waals surface area contributed by atoms with Crippen molar-refractivity contribution in [3.8, 4) is 0 Å². The molecule has 1 N–H and O–H groups in total. The highest BCUT2D eigenvalue weighted by molar-refractivity contribution is 5.86. The SMILES string of the molecule is CCCCn1cc(CC)cc1C(=O)O. The van der Waals surface area contributed by atoms with E-state index in [0.29, 0.717) is 5.69 Å². The number of carboxylic acid groups (broad SMARTS) is 1. The molecule has 0 bridgehead atoms. The minimum Gasteiger partial charge on any atom is -0.477 e. The maximum atomic E-state index is 10.9. The zero-order valence-corrected chi connectivity index (χ0v) is 8.79. The molecule has 78 valence electrons. The van der Waals surface area contributed by atoms with Gasteiger partial charge >= 0.3 is 5.97 Å². The first-order valence-corrected chi connectivity index (χ1v) is 5.11. The Morgan fingerprint density at radius 1 is 1.50 bits per heavy atom. The van der Waals surface area contributed by atoms with Gasteiger partial charge in [-0.1, -0.05) is 20.3 Å². The second-order valence-corrected chi connectivity index (χ2v) is 3.44. The topological polar surface area (TPSA) is 42.2 Å². The molecule has 0 spiro atoms. The Morgan fingerprint density at radius 2 is 2.21 bits per heavy atom. The van der Waals surface area contributed by atoms with Crippen LogP contribution in [0, 0.1) is 0 Å². The molecule has 3 heteroatoms. The van der Waals surface area contributed by atoms with Crippen molar-refractivity contribution in [1.29, 1.82) is 0 Å². The molecule has 0 aromatic carbocycles. The Balaban J connectivity index is 2.88. The lowest BCUT2D eigenvalue weighted by atomic mass is 10.2. The summed E-state index contributed by atoms with van der Waals surface area (Å²) < 4.78 is 1.84. The van der Waals surface area contributed by atoms with E-state index < -0.39 is 5.97 Å². The minimum absolute atomic E-state index is 0.412. The van der Waals surface area contributed by atoms with Crippen molar-refractivity contribution in [2.45, 2.75) is 39.7 Å². The predicted octanol–water partition coefficient (Wildman–Crippen LogP) is 2.55. The summed E-state index contributed by atoms with van der Waals surface area (Å²) in [6.45, 7) is 4.94. The number of aryl methyl sites for hydroxylation is 2. The summed E-state index contributed by atoms with van der Waals surface area (Å²) in [4.78, 5) is 10.9. The summed E-state index contributed by atoms with van der Waals surface area (Å²) in [5.74, 6) is -0.833. The van der Waals surface area contributed by atoms with Crippen LogP contribution in [0.15, 0.2) is 12.3 Å². The molecule has 0 amide bonds. The Morgan fingerprint density at radius 3 is 2.71 bits per heavy atom. The van der Waals surface area contributed by atoms with Gasteiger partial charge in [-0.25, -0.2) is 4.79 Å². The molecule has 0 saturated heterocycles. The summed E-state index contributed by atoms with van der Waals surface area (Å²) in [6, 6.07) is 1.76. The number of hydrogen-bond donors (Lipinski definition) is 1. The van der Waals surface area contributed by atoms with Gasteiger partial charge in [-0.3, -0.25) is 0 Å². The second-order valence-electron chi connectivity index (χ2n) is 3.44. The molecule has 0 aliphatic carbocycles. The fourth-order valence-electron chi connectivity index (χ4n) is 1.46. The Kier molecular flexibility index (Phi) is 3.74. The lowest BCUT2D eigenvalue weighted by molar-refractivity contribution is 0.0685. The zero-order valence-electron chi connectivity index (χ0n) is 8.79. The zero-order chi connectivity index (χ0) is 10.6. The average molecular weight is 195 g/mol. The molecule has 0 fully saturated rings. The monoisotopic (exact) mass is 195 g/mol. The molecule has 0 unspecified atom stereocenters. The van der Waals surface area contributed by atoms with Crippen molar-refractivity contribution in [1.82, 2.24) is 4.57 Å². The first-order valence-electron chi connectivity index (χ1n) is 5.11. The lowest BCUT2D eigenvalue weighted by Crippen LogP contribution is -2.07. The molecule has 14 heavy (non-hydrogen) atoms. The van der Waals surface area contributed by atoms with Crippen LogP contribution in [-0.4, -0.2) is 15.6 Å².